The third kappa shape index (κ3) is 3.90. The first kappa shape index (κ1) is 16.4. The SMILES string of the molecule is COc1ccc(CN(C)Cn2[nH]c(-c3ccccc3)nc2=S)cc1. The predicted molar refractivity (Wildman–Crippen MR) is 97.3 cm³/mol. The number of H-pyrrole nitrogens is 1. The summed E-state index contributed by atoms with van der Waals surface area (Å²) < 4.78 is 7.61. The third-order valence-corrected chi connectivity index (χ3v) is 4.03. The molecule has 2 aromatic carbocycles. The fourth-order valence-corrected chi connectivity index (χ4v) is 2.71. The Balaban J connectivity index is 1.69. The van der Waals surface area contributed by atoms with Gasteiger partial charge in [0.05, 0.1) is 13.8 Å². The quantitative estimate of drug-likeness (QED) is 0.695. The first-order valence-corrected chi connectivity index (χ1v) is 8.10. The Kier molecular flexibility index (Phi) is 5.08. The molecule has 0 aliphatic rings. The van der Waals surface area contributed by atoms with E-state index in [0.717, 1.165) is 23.7 Å². The van der Waals surface area contributed by atoms with Gasteiger partial charge in [-0.05, 0) is 37.0 Å². The molecule has 5 nitrogen and oxygen atoms in total. The van der Waals surface area contributed by atoms with Gasteiger partial charge in [0, 0.05) is 12.1 Å². The molecule has 1 heterocycles. The van der Waals surface area contributed by atoms with E-state index in [2.05, 4.69) is 34.2 Å². The van der Waals surface area contributed by atoms with Crippen LogP contribution in [0, 0.1) is 4.77 Å². The highest BCUT2D eigenvalue weighted by molar-refractivity contribution is 7.71. The van der Waals surface area contributed by atoms with E-state index < -0.39 is 0 Å². The van der Waals surface area contributed by atoms with Crippen LogP contribution in [0.4, 0.5) is 0 Å². The normalized spacial score (nSPS) is 11.0. The molecule has 0 aliphatic heterocycles. The zero-order valence-electron chi connectivity index (χ0n) is 13.8. The van der Waals surface area contributed by atoms with Crippen LogP contribution in [-0.2, 0) is 13.2 Å². The molecular formula is C18H20N4OS. The van der Waals surface area contributed by atoms with Crippen LogP contribution in [0.15, 0.2) is 54.6 Å². The van der Waals surface area contributed by atoms with Gasteiger partial charge in [-0.3, -0.25) is 10.00 Å². The summed E-state index contributed by atoms with van der Waals surface area (Å²) in [4.78, 5) is 6.61. The van der Waals surface area contributed by atoms with Crippen molar-refractivity contribution in [3.63, 3.8) is 0 Å². The number of nitrogens with zero attached hydrogens (tertiary/aromatic N) is 3. The second-order valence-electron chi connectivity index (χ2n) is 5.65. The highest BCUT2D eigenvalue weighted by atomic mass is 32.1. The summed E-state index contributed by atoms with van der Waals surface area (Å²) in [5, 5.41) is 3.27. The monoisotopic (exact) mass is 340 g/mol. The first-order valence-electron chi connectivity index (χ1n) is 7.69. The van der Waals surface area contributed by atoms with Crippen molar-refractivity contribution in [1.82, 2.24) is 19.7 Å². The summed E-state index contributed by atoms with van der Waals surface area (Å²) in [5.74, 6) is 1.66. The van der Waals surface area contributed by atoms with E-state index in [9.17, 15) is 0 Å². The highest BCUT2D eigenvalue weighted by Crippen LogP contribution is 2.15. The topological polar surface area (TPSA) is 46.1 Å². The number of aromatic nitrogens is 3. The number of ether oxygens (including phenoxy) is 1. The molecule has 0 radical (unpaired) electrons. The van der Waals surface area contributed by atoms with Gasteiger partial charge in [0.15, 0.2) is 5.82 Å². The van der Waals surface area contributed by atoms with Crippen LogP contribution in [-0.4, -0.2) is 33.8 Å². The Morgan fingerprint density at radius 2 is 1.83 bits per heavy atom. The summed E-state index contributed by atoms with van der Waals surface area (Å²) >= 11 is 5.37. The van der Waals surface area contributed by atoms with Crippen LogP contribution in [0.1, 0.15) is 5.56 Å². The largest absolute Gasteiger partial charge is 0.497 e. The number of rotatable bonds is 6. The highest BCUT2D eigenvalue weighted by Gasteiger charge is 2.07. The minimum Gasteiger partial charge on any atom is -0.497 e. The lowest BCUT2D eigenvalue weighted by atomic mass is 10.2. The average Bonchev–Trinajstić information content (AvgIpc) is 2.97. The standard InChI is InChI=1S/C18H20N4OS/c1-21(12-14-8-10-16(23-2)11-9-14)13-22-18(24)19-17(20-22)15-6-4-3-5-7-15/h3-11H,12-13H2,1-2H3,(H,19,20,24). The van der Waals surface area contributed by atoms with Gasteiger partial charge >= 0.3 is 0 Å². The van der Waals surface area contributed by atoms with Gasteiger partial charge in [-0.2, -0.15) is 4.98 Å². The summed E-state index contributed by atoms with van der Waals surface area (Å²) in [7, 11) is 3.72. The van der Waals surface area contributed by atoms with Crippen molar-refractivity contribution in [2.75, 3.05) is 14.2 Å². The second-order valence-corrected chi connectivity index (χ2v) is 6.02. The van der Waals surface area contributed by atoms with Crippen molar-refractivity contribution in [2.24, 2.45) is 0 Å². The van der Waals surface area contributed by atoms with E-state index in [0.29, 0.717) is 11.4 Å². The molecule has 3 aromatic rings. The molecule has 0 amide bonds. The molecule has 0 spiro atoms. The van der Waals surface area contributed by atoms with Gasteiger partial charge in [-0.15, -0.1) is 0 Å². The molecule has 0 atom stereocenters. The van der Waals surface area contributed by atoms with E-state index in [1.54, 1.807) is 7.11 Å². The zero-order valence-corrected chi connectivity index (χ0v) is 14.6. The molecule has 0 fully saturated rings. The summed E-state index contributed by atoms with van der Waals surface area (Å²) in [6.07, 6.45) is 0. The van der Waals surface area contributed by atoms with Crippen molar-refractivity contribution < 1.29 is 4.74 Å². The maximum absolute atomic E-state index is 5.37. The van der Waals surface area contributed by atoms with Crippen LogP contribution in [0.25, 0.3) is 11.4 Å². The Hall–Kier alpha value is -2.44. The Labute approximate surface area is 146 Å². The van der Waals surface area contributed by atoms with E-state index >= 15 is 0 Å². The molecule has 0 saturated carbocycles. The Morgan fingerprint density at radius 1 is 1.12 bits per heavy atom. The van der Waals surface area contributed by atoms with Crippen molar-refractivity contribution in [3.8, 4) is 17.1 Å². The molecule has 0 saturated heterocycles. The number of hydrogen-bond donors (Lipinski definition) is 1. The molecule has 0 bridgehead atoms. The first-order chi connectivity index (χ1) is 11.7. The van der Waals surface area contributed by atoms with Crippen LogP contribution in [0.5, 0.6) is 5.75 Å². The lowest BCUT2D eigenvalue weighted by Gasteiger charge is -2.17. The molecule has 1 N–H and O–H groups in total. The smallest absolute Gasteiger partial charge is 0.217 e. The van der Waals surface area contributed by atoms with Gasteiger partial charge in [0.2, 0.25) is 4.77 Å². The molecule has 1 aromatic heterocycles. The van der Waals surface area contributed by atoms with Crippen LogP contribution >= 0.6 is 12.2 Å². The second kappa shape index (κ2) is 7.42. The van der Waals surface area contributed by atoms with Crippen molar-refractivity contribution >= 4 is 12.2 Å². The summed E-state index contributed by atoms with van der Waals surface area (Å²) in [5.41, 5.74) is 2.24. The van der Waals surface area contributed by atoms with Crippen molar-refractivity contribution in [1.29, 1.82) is 0 Å². The van der Waals surface area contributed by atoms with E-state index in [4.69, 9.17) is 17.0 Å². The zero-order chi connectivity index (χ0) is 16.9. The number of methoxy groups -OCH3 is 1. The maximum atomic E-state index is 5.37. The van der Waals surface area contributed by atoms with Gasteiger partial charge in [-0.25, -0.2) is 4.68 Å². The molecule has 3 rings (SSSR count). The lowest BCUT2D eigenvalue weighted by molar-refractivity contribution is 0.244. The number of aromatic amines is 1. The van der Waals surface area contributed by atoms with Gasteiger partial charge in [-0.1, -0.05) is 42.5 Å². The summed E-state index contributed by atoms with van der Waals surface area (Å²) in [6.45, 7) is 1.45. The van der Waals surface area contributed by atoms with Crippen molar-refractivity contribution in [3.05, 3.63) is 64.9 Å². The Bertz CT molecular complexity index is 839. The molecule has 24 heavy (non-hydrogen) atoms. The minimum absolute atomic E-state index is 0.551. The van der Waals surface area contributed by atoms with Gasteiger partial charge < -0.3 is 4.74 Å². The molecule has 124 valence electrons. The maximum Gasteiger partial charge on any atom is 0.217 e. The third-order valence-electron chi connectivity index (χ3n) is 3.72. The number of benzene rings is 2. The van der Waals surface area contributed by atoms with E-state index in [1.807, 2.05) is 47.1 Å². The lowest BCUT2D eigenvalue weighted by Crippen LogP contribution is -2.22. The Morgan fingerprint density at radius 3 is 2.50 bits per heavy atom. The van der Waals surface area contributed by atoms with Crippen LogP contribution < -0.4 is 4.74 Å². The van der Waals surface area contributed by atoms with E-state index in [-0.39, 0.29) is 0 Å². The molecule has 0 aliphatic carbocycles. The summed E-state index contributed by atoms with van der Waals surface area (Å²) in [6, 6.07) is 18.1. The fourth-order valence-electron chi connectivity index (χ4n) is 2.51. The molecule has 6 heteroatoms. The molecule has 0 unspecified atom stereocenters. The van der Waals surface area contributed by atoms with Gasteiger partial charge in [0.1, 0.15) is 5.75 Å². The van der Waals surface area contributed by atoms with Gasteiger partial charge in [0.25, 0.3) is 0 Å². The van der Waals surface area contributed by atoms with Crippen LogP contribution in [0.3, 0.4) is 0 Å². The number of nitrogens with one attached hydrogen (secondary N) is 1. The average molecular weight is 340 g/mol. The van der Waals surface area contributed by atoms with Crippen molar-refractivity contribution in [2.45, 2.75) is 13.2 Å². The predicted octanol–water partition coefficient (Wildman–Crippen LogP) is 3.71. The van der Waals surface area contributed by atoms with Crippen LogP contribution in [0.2, 0.25) is 0 Å². The molecular weight excluding hydrogens is 320 g/mol. The van der Waals surface area contributed by atoms with E-state index in [1.165, 1.54) is 5.56 Å². The minimum atomic E-state index is 0.551. The fraction of sp³-hybridized carbons (Fsp3) is 0.222. The number of hydrogen-bond acceptors (Lipinski definition) is 4.